The number of esters is 1. The molecule has 2 aliphatic heterocycles. The molecule has 5 rings (SSSR count). The van der Waals surface area contributed by atoms with Gasteiger partial charge in [0.25, 0.3) is 0 Å². The average molecular weight is 587 g/mol. The van der Waals surface area contributed by atoms with Crippen LogP contribution in [-0.2, 0) is 10.3 Å². The Labute approximate surface area is 251 Å². The Bertz CT molecular complexity index is 1450. The number of nitrogens with one attached hydrogen (secondary N) is 4. The molecule has 11 heteroatoms. The quantitative estimate of drug-likeness (QED) is 0.267. The number of carbonyl (C=O) groups excluding carboxylic acids is 3. The van der Waals surface area contributed by atoms with Gasteiger partial charge >= 0.3 is 18.0 Å². The lowest BCUT2D eigenvalue weighted by Gasteiger charge is -2.38. The van der Waals surface area contributed by atoms with Crippen LogP contribution in [0.25, 0.3) is 0 Å². The van der Waals surface area contributed by atoms with Crippen LogP contribution in [-0.4, -0.2) is 71.4 Å². The van der Waals surface area contributed by atoms with E-state index in [4.69, 9.17) is 9.47 Å². The van der Waals surface area contributed by atoms with Gasteiger partial charge in [0.15, 0.2) is 5.60 Å². The van der Waals surface area contributed by atoms with Crippen LogP contribution >= 0.6 is 0 Å². The molecule has 0 atom stereocenters. The summed E-state index contributed by atoms with van der Waals surface area (Å²) in [6, 6.07) is 18.9. The first-order valence-corrected chi connectivity index (χ1v) is 14.6. The highest BCUT2D eigenvalue weighted by Gasteiger charge is 2.53. The molecular weight excluding hydrogens is 548 g/mol. The van der Waals surface area contributed by atoms with Crippen LogP contribution in [0.3, 0.4) is 0 Å². The summed E-state index contributed by atoms with van der Waals surface area (Å²) in [5, 5.41) is 10.8. The first-order valence-electron chi connectivity index (χ1n) is 14.6. The maximum atomic E-state index is 13.2. The van der Waals surface area contributed by atoms with Crippen LogP contribution in [0.4, 0.5) is 21.0 Å². The summed E-state index contributed by atoms with van der Waals surface area (Å²) in [6.07, 6.45) is 0. The molecule has 3 aromatic rings. The SMILES string of the molecule is CCN(CCNC(=O)NC)c1ccc2c(c1)Oc1cc(N(CC)CCNC(=O)NC)ccc1C21OC(=O)c2ccccc21. The number of nitrogens with zero attached hydrogens (tertiary/aromatic N) is 2. The van der Waals surface area contributed by atoms with Crippen LogP contribution in [0.15, 0.2) is 60.7 Å². The molecule has 0 saturated carbocycles. The minimum atomic E-state index is -1.16. The predicted molar refractivity (Wildman–Crippen MR) is 165 cm³/mol. The molecule has 3 aromatic carbocycles. The van der Waals surface area contributed by atoms with Gasteiger partial charge in [0.2, 0.25) is 0 Å². The normalized spacial score (nSPS) is 13.5. The number of ether oxygens (including phenoxy) is 2. The lowest BCUT2D eigenvalue weighted by Crippen LogP contribution is -2.39. The molecule has 0 bridgehead atoms. The van der Waals surface area contributed by atoms with Gasteiger partial charge < -0.3 is 40.5 Å². The Balaban J connectivity index is 1.55. The smallest absolute Gasteiger partial charge is 0.340 e. The standard InChI is InChI=1S/C32H38N6O5/c1-5-37(17-15-35-30(40)33-3)21-11-13-25-27(19-21)42-28-20-22(38(6-2)18-16-36-31(41)34-4)12-14-26(28)32(25)24-10-8-7-9-23(24)29(39)43-32/h7-14,19-20H,5-6,15-18H2,1-4H3,(H2,33,35,40)(H2,34,36,41). The number of likely N-dealkylation sites (N-methyl/N-ethyl adjacent to an activating group) is 2. The largest absolute Gasteiger partial charge is 0.456 e. The zero-order chi connectivity index (χ0) is 30.6. The third-order valence-electron chi connectivity index (χ3n) is 7.96. The number of urea groups is 2. The number of hydrogen-bond donors (Lipinski definition) is 4. The van der Waals surface area contributed by atoms with E-state index in [1.807, 2.05) is 54.6 Å². The van der Waals surface area contributed by atoms with Crippen molar-refractivity contribution < 1.29 is 23.9 Å². The third-order valence-corrected chi connectivity index (χ3v) is 7.96. The van der Waals surface area contributed by atoms with Crippen molar-refractivity contribution >= 4 is 29.4 Å². The Hall–Kier alpha value is -4.93. The summed E-state index contributed by atoms with van der Waals surface area (Å²) >= 11 is 0. The first-order chi connectivity index (χ1) is 20.9. The second-order valence-corrected chi connectivity index (χ2v) is 10.3. The molecule has 0 saturated heterocycles. The van der Waals surface area contributed by atoms with E-state index in [1.54, 1.807) is 20.2 Å². The molecule has 2 aliphatic rings. The van der Waals surface area contributed by atoms with Crippen molar-refractivity contribution in [1.82, 2.24) is 21.3 Å². The zero-order valence-electron chi connectivity index (χ0n) is 25.0. The van der Waals surface area contributed by atoms with Gasteiger partial charge in [-0.1, -0.05) is 18.2 Å². The highest BCUT2D eigenvalue weighted by atomic mass is 16.6. The average Bonchev–Trinajstić information content (AvgIpc) is 3.33. The summed E-state index contributed by atoms with van der Waals surface area (Å²) in [6.45, 7) is 7.67. The molecule has 0 aliphatic carbocycles. The minimum Gasteiger partial charge on any atom is -0.456 e. The summed E-state index contributed by atoms with van der Waals surface area (Å²) < 4.78 is 12.9. The van der Waals surface area contributed by atoms with Crippen molar-refractivity contribution in [2.45, 2.75) is 19.4 Å². The monoisotopic (exact) mass is 586 g/mol. The maximum absolute atomic E-state index is 13.2. The van der Waals surface area contributed by atoms with E-state index >= 15 is 0 Å². The maximum Gasteiger partial charge on any atom is 0.340 e. The van der Waals surface area contributed by atoms with E-state index in [1.165, 1.54) is 0 Å². The second-order valence-electron chi connectivity index (χ2n) is 10.3. The van der Waals surface area contributed by atoms with E-state index < -0.39 is 5.60 Å². The van der Waals surface area contributed by atoms with Gasteiger partial charge in [-0.15, -0.1) is 0 Å². The lowest BCUT2D eigenvalue weighted by molar-refractivity contribution is 0.0224. The minimum absolute atomic E-state index is 0.230. The topological polar surface area (TPSA) is 124 Å². The van der Waals surface area contributed by atoms with E-state index in [2.05, 4.69) is 44.9 Å². The Kier molecular flexibility index (Phi) is 8.61. The molecule has 11 nitrogen and oxygen atoms in total. The van der Waals surface area contributed by atoms with Crippen LogP contribution in [0.1, 0.15) is 40.9 Å². The summed E-state index contributed by atoms with van der Waals surface area (Å²) in [5.74, 6) is 0.802. The number of hydrogen-bond acceptors (Lipinski definition) is 7. The van der Waals surface area contributed by atoms with Gasteiger partial charge in [-0.25, -0.2) is 14.4 Å². The third kappa shape index (κ3) is 5.50. The second kappa shape index (κ2) is 12.5. The molecule has 226 valence electrons. The first kappa shape index (κ1) is 29.6. The van der Waals surface area contributed by atoms with E-state index in [-0.39, 0.29) is 18.0 Å². The Morgan fingerprint density at radius 1 is 0.744 bits per heavy atom. The highest BCUT2D eigenvalue weighted by molar-refractivity contribution is 5.97. The van der Waals surface area contributed by atoms with Gasteiger partial charge in [-0.2, -0.15) is 0 Å². The van der Waals surface area contributed by atoms with E-state index in [0.717, 1.165) is 28.1 Å². The Morgan fingerprint density at radius 2 is 1.26 bits per heavy atom. The van der Waals surface area contributed by atoms with Crippen LogP contribution in [0.2, 0.25) is 0 Å². The molecule has 0 radical (unpaired) electrons. The molecule has 4 N–H and O–H groups in total. The molecule has 0 fully saturated rings. The number of carbonyl (C=O) groups is 3. The van der Waals surface area contributed by atoms with E-state index in [9.17, 15) is 14.4 Å². The molecule has 0 unspecified atom stereocenters. The number of fused-ring (bicyclic) bond motifs is 6. The molecular formula is C32H38N6O5. The van der Waals surface area contributed by atoms with Gasteiger partial charge in [0.05, 0.1) is 5.56 Å². The fourth-order valence-corrected chi connectivity index (χ4v) is 5.77. The number of anilines is 2. The Morgan fingerprint density at radius 3 is 1.74 bits per heavy atom. The van der Waals surface area contributed by atoms with Crippen molar-refractivity contribution in [1.29, 1.82) is 0 Å². The van der Waals surface area contributed by atoms with Crippen molar-refractivity contribution in [2.24, 2.45) is 0 Å². The fraction of sp³-hybridized carbons (Fsp3) is 0.344. The molecule has 0 aromatic heterocycles. The highest BCUT2D eigenvalue weighted by Crippen LogP contribution is 2.57. The number of benzene rings is 3. The van der Waals surface area contributed by atoms with Crippen LogP contribution in [0.5, 0.6) is 11.5 Å². The molecule has 43 heavy (non-hydrogen) atoms. The number of rotatable bonds is 10. The van der Waals surface area contributed by atoms with E-state index in [0.29, 0.717) is 56.3 Å². The van der Waals surface area contributed by atoms with Gasteiger partial charge in [0.1, 0.15) is 11.5 Å². The van der Waals surface area contributed by atoms with Crippen LogP contribution in [0, 0.1) is 0 Å². The lowest BCUT2D eigenvalue weighted by atomic mass is 9.77. The molecule has 2 heterocycles. The fourth-order valence-electron chi connectivity index (χ4n) is 5.77. The molecule has 1 spiro atoms. The van der Waals surface area contributed by atoms with Crippen molar-refractivity contribution in [3.05, 3.63) is 82.9 Å². The summed E-state index contributed by atoms with van der Waals surface area (Å²) in [5.41, 5.74) is 3.47. The van der Waals surface area contributed by atoms with Crippen molar-refractivity contribution in [3.63, 3.8) is 0 Å². The summed E-state index contributed by atoms with van der Waals surface area (Å²) in [7, 11) is 3.17. The summed E-state index contributed by atoms with van der Waals surface area (Å²) in [4.78, 5) is 40.9. The van der Waals surface area contributed by atoms with Crippen molar-refractivity contribution in [3.8, 4) is 11.5 Å². The molecule has 4 amide bonds. The van der Waals surface area contributed by atoms with Gasteiger partial charge in [0, 0.05) is 93.6 Å². The number of amides is 4. The van der Waals surface area contributed by atoms with Crippen LogP contribution < -0.4 is 35.8 Å². The van der Waals surface area contributed by atoms with Gasteiger partial charge in [-0.05, 0) is 44.2 Å². The zero-order valence-corrected chi connectivity index (χ0v) is 25.0. The van der Waals surface area contributed by atoms with Gasteiger partial charge in [-0.3, -0.25) is 0 Å². The predicted octanol–water partition coefficient (Wildman–Crippen LogP) is 3.77. The van der Waals surface area contributed by atoms with Crippen molar-refractivity contribution in [2.75, 3.05) is 63.2 Å².